The smallest absolute Gasteiger partial charge is 0.328 e. The Morgan fingerprint density at radius 2 is 1.03 bits per heavy atom. The lowest BCUT2D eigenvalue weighted by Gasteiger charge is -2.09. The lowest BCUT2D eigenvalue weighted by Crippen LogP contribution is -2.40. The standard InChI is InChI=1S/C20H24N6O10S2/c27-19(23-37(33,34)17-9-5-7-15(13-17)25(29)30)21-11-3-1-2-4-12-22-20(28)24-38(35,36)18-10-6-8-16(14-18)26(31)32/h5-10,13-14H,1-4,11-12H2,(H2,21,23,27)(H2,22,24,28). The van der Waals surface area contributed by atoms with Gasteiger partial charge in [0.25, 0.3) is 31.4 Å². The first-order valence-corrected chi connectivity index (χ1v) is 13.9. The van der Waals surface area contributed by atoms with E-state index in [4.69, 9.17) is 0 Å². The predicted molar refractivity (Wildman–Crippen MR) is 132 cm³/mol. The molecule has 0 aromatic heterocycles. The van der Waals surface area contributed by atoms with Crippen molar-refractivity contribution < 1.29 is 36.3 Å². The van der Waals surface area contributed by atoms with Crippen molar-refractivity contribution in [2.24, 2.45) is 0 Å². The number of non-ortho nitro benzene ring substituents is 2. The number of nitro groups is 2. The molecule has 0 fully saturated rings. The second-order valence-corrected chi connectivity index (χ2v) is 11.0. The van der Waals surface area contributed by atoms with E-state index >= 15 is 0 Å². The number of amides is 4. The van der Waals surface area contributed by atoms with E-state index in [0.717, 1.165) is 36.4 Å². The first kappa shape index (κ1) is 29.9. The Bertz CT molecular complexity index is 1310. The minimum absolute atomic E-state index is 0.131. The van der Waals surface area contributed by atoms with Gasteiger partial charge < -0.3 is 10.6 Å². The van der Waals surface area contributed by atoms with Crippen LogP contribution in [0.5, 0.6) is 0 Å². The van der Waals surface area contributed by atoms with Crippen LogP contribution in [0.15, 0.2) is 58.3 Å². The summed E-state index contributed by atoms with van der Waals surface area (Å²) in [5.41, 5.74) is -0.881. The van der Waals surface area contributed by atoms with E-state index in [1.165, 1.54) is 12.1 Å². The van der Waals surface area contributed by atoms with Crippen molar-refractivity contribution in [3.05, 3.63) is 68.8 Å². The average molecular weight is 573 g/mol. The van der Waals surface area contributed by atoms with Crippen molar-refractivity contribution in [1.82, 2.24) is 20.1 Å². The zero-order chi connectivity index (χ0) is 28.3. The Labute approximate surface area is 217 Å². The highest BCUT2D eigenvalue weighted by molar-refractivity contribution is 7.90. The molecule has 4 N–H and O–H groups in total. The van der Waals surface area contributed by atoms with E-state index in [1.54, 1.807) is 9.44 Å². The zero-order valence-corrected chi connectivity index (χ0v) is 21.3. The molecule has 2 aromatic carbocycles. The lowest BCUT2D eigenvalue weighted by atomic mass is 10.2. The summed E-state index contributed by atoms with van der Waals surface area (Å²) in [5.74, 6) is 0. The minimum Gasteiger partial charge on any atom is -0.337 e. The van der Waals surface area contributed by atoms with Crippen LogP contribution in [0.3, 0.4) is 0 Å². The summed E-state index contributed by atoms with van der Waals surface area (Å²) in [6.07, 6.45) is 2.12. The third kappa shape index (κ3) is 9.28. The molecule has 0 radical (unpaired) electrons. The van der Waals surface area contributed by atoms with Gasteiger partial charge in [0.2, 0.25) is 0 Å². The lowest BCUT2D eigenvalue weighted by molar-refractivity contribution is -0.385. The molecule has 0 bridgehead atoms. The van der Waals surface area contributed by atoms with Crippen molar-refractivity contribution in [3.63, 3.8) is 0 Å². The van der Waals surface area contributed by atoms with E-state index in [9.17, 15) is 46.7 Å². The Morgan fingerprint density at radius 3 is 1.37 bits per heavy atom. The van der Waals surface area contributed by atoms with E-state index < -0.39 is 63.1 Å². The van der Waals surface area contributed by atoms with E-state index in [0.29, 0.717) is 25.7 Å². The number of carbonyl (C=O) groups is 2. The summed E-state index contributed by atoms with van der Waals surface area (Å²) in [6.45, 7) is 0.261. The van der Waals surface area contributed by atoms with E-state index in [2.05, 4.69) is 10.6 Å². The molecule has 4 amide bonds. The Balaban J connectivity index is 1.64. The topological polar surface area (TPSA) is 237 Å². The molecule has 0 aliphatic carbocycles. The van der Waals surface area contributed by atoms with Gasteiger partial charge in [-0.3, -0.25) is 20.2 Å². The fourth-order valence-corrected chi connectivity index (χ4v) is 4.91. The summed E-state index contributed by atoms with van der Waals surface area (Å²) in [6, 6.07) is 6.46. The van der Waals surface area contributed by atoms with Gasteiger partial charge in [-0.05, 0) is 25.0 Å². The Morgan fingerprint density at radius 1 is 0.658 bits per heavy atom. The molecule has 18 heteroatoms. The number of benzene rings is 2. The maximum Gasteiger partial charge on any atom is 0.328 e. The van der Waals surface area contributed by atoms with E-state index in [-0.39, 0.29) is 13.1 Å². The van der Waals surface area contributed by atoms with Gasteiger partial charge in [0.1, 0.15) is 0 Å². The molecule has 0 saturated heterocycles. The van der Waals surface area contributed by atoms with Crippen molar-refractivity contribution in [1.29, 1.82) is 0 Å². The summed E-state index contributed by atoms with van der Waals surface area (Å²) >= 11 is 0. The van der Waals surface area contributed by atoms with Crippen LogP contribution in [0.1, 0.15) is 25.7 Å². The van der Waals surface area contributed by atoms with Crippen molar-refractivity contribution in [2.45, 2.75) is 35.5 Å². The molecule has 0 aliphatic rings. The molecule has 0 spiro atoms. The van der Waals surface area contributed by atoms with E-state index in [1.807, 2.05) is 0 Å². The number of hydrogen-bond acceptors (Lipinski definition) is 10. The van der Waals surface area contributed by atoms with Gasteiger partial charge in [0.05, 0.1) is 19.6 Å². The fraction of sp³-hybridized carbons (Fsp3) is 0.300. The Hall–Kier alpha value is -4.32. The molecule has 0 atom stereocenters. The normalized spacial score (nSPS) is 11.3. The number of carbonyl (C=O) groups excluding carboxylic acids is 2. The number of urea groups is 2. The van der Waals surface area contributed by atoms with Gasteiger partial charge in [0, 0.05) is 37.4 Å². The summed E-state index contributed by atoms with van der Waals surface area (Å²) < 4.78 is 52.3. The summed E-state index contributed by atoms with van der Waals surface area (Å²) in [4.78, 5) is 42.9. The number of sulfonamides is 2. The maximum atomic E-state index is 12.2. The van der Waals surface area contributed by atoms with Crippen molar-refractivity contribution in [2.75, 3.05) is 13.1 Å². The molecule has 38 heavy (non-hydrogen) atoms. The molecule has 16 nitrogen and oxygen atoms in total. The first-order chi connectivity index (χ1) is 17.8. The minimum atomic E-state index is -4.30. The highest BCUT2D eigenvalue weighted by Gasteiger charge is 2.21. The second-order valence-electron chi connectivity index (χ2n) is 7.65. The SMILES string of the molecule is O=C(NCCCCCCNC(=O)NS(=O)(=O)c1cccc([N+](=O)[O-])c1)NS(=O)(=O)c1cccc([N+](=O)[O-])c1. The zero-order valence-electron chi connectivity index (χ0n) is 19.7. The van der Waals surface area contributed by atoms with Crippen molar-refractivity contribution >= 4 is 43.5 Å². The molecule has 0 aliphatic heterocycles. The van der Waals surface area contributed by atoms with Crippen LogP contribution in [0.2, 0.25) is 0 Å². The fourth-order valence-electron chi connectivity index (χ4n) is 2.97. The number of nitro benzene ring substituents is 2. The van der Waals surface area contributed by atoms with Crippen LogP contribution < -0.4 is 20.1 Å². The number of hydrogen-bond donors (Lipinski definition) is 4. The first-order valence-electron chi connectivity index (χ1n) is 10.9. The highest BCUT2D eigenvalue weighted by Crippen LogP contribution is 2.18. The van der Waals surface area contributed by atoms with Crippen LogP contribution in [-0.4, -0.2) is 51.8 Å². The number of nitrogens with one attached hydrogen (secondary N) is 4. The van der Waals surface area contributed by atoms with Gasteiger partial charge in [-0.1, -0.05) is 25.0 Å². The van der Waals surface area contributed by atoms with Crippen LogP contribution in [-0.2, 0) is 20.0 Å². The molecule has 0 unspecified atom stereocenters. The molecular formula is C20H24N6O10S2. The van der Waals surface area contributed by atoms with Crippen LogP contribution in [0, 0.1) is 20.2 Å². The molecule has 0 saturated carbocycles. The molecule has 206 valence electrons. The third-order valence-corrected chi connectivity index (χ3v) is 7.46. The Kier molecular flexibility index (Phi) is 10.5. The van der Waals surface area contributed by atoms with Crippen LogP contribution in [0.4, 0.5) is 21.0 Å². The maximum absolute atomic E-state index is 12.2. The second kappa shape index (κ2) is 13.3. The van der Waals surface area contributed by atoms with Gasteiger partial charge in [-0.2, -0.15) is 0 Å². The average Bonchev–Trinajstić information content (AvgIpc) is 2.85. The molecule has 0 heterocycles. The molecule has 2 rings (SSSR count). The van der Waals surface area contributed by atoms with Crippen LogP contribution in [0.25, 0.3) is 0 Å². The summed E-state index contributed by atoms with van der Waals surface area (Å²) in [7, 11) is -8.60. The molecular weight excluding hydrogens is 548 g/mol. The predicted octanol–water partition coefficient (Wildman–Crippen LogP) is 1.74. The number of rotatable bonds is 13. The van der Waals surface area contributed by atoms with Gasteiger partial charge >= 0.3 is 12.1 Å². The number of unbranched alkanes of at least 4 members (excludes halogenated alkanes) is 3. The summed E-state index contributed by atoms with van der Waals surface area (Å²) in [5, 5.41) is 26.3. The monoisotopic (exact) mass is 572 g/mol. The quantitative estimate of drug-likeness (QED) is 0.154. The molecule has 2 aromatic rings. The van der Waals surface area contributed by atoms with Gasteiger partial charge in [-0.15, -0.1) is 0 Å². The van der Waals surface area contributed by atoms with Gasteiger partial charge in [0.15, 0.2) is 0 Å². The van der Waals surface area contributed by atoms with Gasteiger partial charge in [-0.25, -0.2) is 35.9 Å². The number of nitrogens with zero attached hydrogens (tertiary/aromatic N) is 2. The van der Waals surface area contributed by atoms with Crippen molar-refractivity contribution in [3.8, 4) is 0 Å². The largest absolute Gasteiger partial charge is 0.337 e. The highest BCUT2D eigenvalue weighted by atomic mass is 32.2. The van der Waals surface area contributed by atoms with Crippen LogP contribution >= 0.6 is 0 Å². The third-order valence-electron chi connectivity index (χ3n) is 4.81.